The third-order valence-electron chi connectivity index (χ3n) is 4.84. The summed E-state index contributed by atoms with van der Waals surface area (Å²) in [7, 11) is 3.41. The van der Waals surface area contributed by atoms with E-state index in [9.17, 15) is 4.39 Å². The lowest BCUT2D eigenvalue weighted by Crippen LogP contribution is -2.49. The van der Waals surface area contributed by atoms with E-state index in [-0.39, 0.29) is 22.9 Å². The molecule has 1 aromatic heterocycles. The van der Waals surface area contributed by atoms with Gasteiger partial charge in [-0.05, 0) is 32.4 Å². The van der Waals surface area contributed by atoms with E-state index < -0.39 is 5.82 Å². The number of rotatable bonds is 3. The summed E-state index contributed by atoms with van der Waals surface area (Å²) < 4.78 is 25.1. The largest absolute Gasteiger partial charge is 0.494 e. The summed E-state index contributed by atoms with van der Waals surface area (Å²) >= 11 is 0. The van der Waals surface area contributed by atoms with Crippen molar-refractivity contribution in [2.24, 2.45) is 0 Å². The van der Waals surface area contributed by atoms with Crippen molar-refractivity contribution >= 4 is 16.7 Å². The van der Waals surface area contributed by atoms with Gasteiger partial charge in [0.1, 0.15) is 17.7 Å². The summed E-state index contributed by atoms with van der Waals surface area (Å²) in [5, 5.41) is 0.670. The number of hydrogen-bond donors (Lipinski definition) is 0. The van der Waals surface area contributed by atoms with Crippen molar-refractivity contribution < 1.29 is 13.9 Å². The fourth-order valence-corrected chi connectivity index (χ4v) is 3.00. The van der Waals surface area contributed by atoms with Crippen LogP contribution in [0.15, 0.2) is 18.5 Å². The van der Waals surface area contributed by atoms with Gasteiger partial charge in [-0.3, -0.25) is 0 Å². The lowest BCUT2D eigenvalue weighted by molar-refractivity contribution is 0.0987. The van der Waals surface area contributed by atoms with Crippen molar-refractivity contribution in [2.45, 2.75) is 31.9 Å². The summed E-state index contributed by atoms with van der Waals surface area (Å²) in [6.45, 7) is 4.90. The van der Waals surface area contributed by atoms with Crippen molar-refractivity contribution in [3.63, 3.8) is 0 Å². The lowest BCUT2D eigenvalue weighted by atomic mass is 9.92. The third-order valence-corrected chi connectivity index (χ3v) is 4.84. The molecule has 0 amide bonds. The number of hydrogen-bond acceptors (Lipinski definition) is 5. The highest BCUT2D eigenvalue weighted by Crippen LogP contribution is 2.37. The van der Waals surface area contributed by atoms with Crippen LogP contribution in [0.5, 0.6) is 5.75 Å². The zero-order valence-electron chi connectivity index (χ0n) is 13.3. The Morgan fingerprint density at radius 1 is 1.41 bits per heavy atom. The third kappa shape index (κ3) is 2.09. The van der Waals surface area contributed by atoms with Crippen LogP contribution < -0.4 is 9.64 Å². The molecular formula is C16H20FN3O2. The van der Waals surface area contributed by atoms with Gasteiger partial charge in [-0.1, -0.05) is 0 Å². The van der Waals surface area contributed by atoms with E-state index in [1.807, 2.05) is 7.05 Å². The van der Waals surface area contributed by atoms with Gasteiger partial charge < -0.3 is 14.4 Å². The van der Waals surface area contributed by atoms with Crippen LogP contribution >= 0.6 is 0 Å². The first-order valence-corrected chi connectivity index (χ1v) is 7.31. The number of nitrogens with zero attached hydrogens (tertiary/aromatic N) is 3. The predicted octanol–water partition coefficient (Wildman–Crippen LogP) is 2.78. The lowest BCUT2D eigenvalue weighted by Gasteiger charge is -2.39. The van der Waals surface area contributed by atoms with Gasteiger partial charge in [0, 0.05) is 19.0 Å². The van der Waals surface area contributed by atoms with Crippen LogP contribution in [-0.2, 0) is 4.74 Å². The minimum Gasteiger partial charge on any atom is -0.494 e. The van der Waals surface area contributed by atoms with Gasteiger partial charge in [0.05, 0.1) is 18.8 Å². The highest BCUT2D eigenvalue weighted by Gasteiger charge is 2.41. The minimum absolute atomic E-state index is 0.0746. The molecular weight excluding hydrogens is 285 g/mol. The molecule has 6 heteroatoms. The molecule has 1 aromatic carbocycles. The molecule has 1 fully saturated rings. The number of aromatic nitrogens is 2. The molecule has 0 N–H and O–H groups in total. The average molecular weight is 305 g/mol. The van der Waals surface area contributed by atoms with Gasteiger partial charge in [-0.25, -0.2) is 14.4 Å². The first-order valence-electron chi connectivity index (χ1n) is 7.31. The number of methoxy groups -OCH3 is 1. The molecule has 0 radical (unpaired) electrons. The van der Waals surface area contributed by atoms with Gasteiger partial charge in [0.15, 0.2) is 11.6 Å². The summed E-state index contributed by atoms with van der Waals surface area (Å²) in [5.74, 6) is 0.424. The van der Waals surface area contributed by atoms with Crippen LogP contribution in [0.4, 0.5) is 10.2 Å². The van der Waals surface area contributed by atoms with Crippen molar-refractivity contribution in [2.75, 3.05) is 25.7 Å². The predicted molar refractivity (Wildman–Crippen MR) is 82.9 cm³/mol. The molecule has 0 bridgehead atoms. The molecule has 1 aliphatic rings. The van der Waals surface area contributed by atoms with Gasteiger partial charge in [-0.15, -0.1) is 0 Å². The first kappa shape index (κ1) is 15.0. The van der Waals surface area contributed by atoms with Crippen molar-refractivity contribution in [3.05, 3.63) is 24.3 Å². The van der Waals surface area contributed by atoms with Crippen LogP contribution in [0, 0.1) is 5.82 Å². The zero-order chi connectivity index (χ0) is 15.9. The summed E-state index contributed by atoms with van der Waals surface area (Å²) in [5.41, 5.74) is 0.0869. The molecule has 2 heterocycles. The Hall–Kier alpha value is -1.95. The molecule has 2 aromatic rings. The fourth-order valence-electron chi connectivity index (χ4n) is 3.00. The van der Waals surface area contributed by atoms with Gasteiger partial charge in [-0.2, -0.15) is 0 Å². The molecule has 22 heavy (non-hydrogen) atoms. The number of fused-ring (bicyclic) bond motifs is 1. The van der Waals surface area contributed by atoms with Gasteiger partial charge >= 0.3 is 0 Å². The Labute approximate surface area is 129 Å². The van der Waals surface area contributed by atoms with E-state index in [2.05, 4.69) is 28.7 Å². The second kappa shape index (κ2) is 5.35. The van der Waals surface area contributed by atoms with Gasteiger partial charge in [0.25, 0.3) is 0 Å². The first-order chi connectivity index (χ1) is 10.5. The topological polar surface area (TPSA) is 47.5 Å². The van der Waals surface area contributed by atoms with Crippen LogP contribution in [0.1, 0.15) is 20.3 Å². The Kier molecular flexibility index (Phi) is 3.64. The highest BCUT2D eigenvalue weighted by molar-refractivity contribution is 5.91. The maximum Gasteiger partial charge on any atom is 0.191 e. The standard InChI is InChI=1S/C16H20FN3O2/c1-10-16(2,7-8-22-10)20(3)15-11-5-6-12(21-4)13(17)14(11)18-9-19-15/h5-6,9-10H,7-8H2,1-4H3. The number of halogens is 1. The second-order valence-electron chi connectivity index (χ2n) is 5.85. The summed E-state index contributed by atoms with van der Waals surface area (Å²) in [6.07, 6.45) is 2.36. The van der Waals surface area contributed by atoms with E-state index in [0.717, 1.165) is 6.42 Å². The number of likely N-dealkylation sites (N-methyl/N-ethyl adjacent to an activating group) is 1. The zero-order valence-corrected chi connectivity index (χ0v) is 13.3. The second-order valence-corrected chi connectivity index (χ2v) is 5.85. The molecule has 1 saturated heterocycles. The van der Waals surface area contributed by atoms with Gasteiger partial charge in [0.2, 0.25) is 0 Å². The maximum absolute atomic E-state index is 14.4. The summed E-state index contributed by atoms with van der Waals surface area (Å²) in [6, 6.07) is 3.40. The number of anilines is 1. The Morgan fingerprint density at radius 2 is 2.18 bits per heavy atom. The van der Waals surface area contributed by atoms with E-state index >= 15 is 0 Å². The van der Waals surface area contributed by atoms with Crippen LogP contribution in [0.25, 0.3) is 10.9 Å². The molecule has 1 aliphatic heterocycles. The van der Waals surface area contributed by atoms with E-state index in [1.54, 1.807) is 12.1 Å². The van der Waals surface area contributed by atoms with Crippen LogP contribution in [-0.4, -0.2) is 42.4 Å². The molecule has 2 unspecified atom stereocenters. The van der Waals surface area contributed by atoms with Crippen molar-refractivity contribution in [1.82, 2.24) is 9.97 Å². The molecule has 118 valence electrons. The normalized spacial score (nSPS) is 24.7. The van der Waals surface area contributed by atoms with E-state index in [1.165, 1.54) is 13.4 Å². The molecule has 3 rings (SSSR count). The quantitative estimate of drug-likeness (QED) is 0.872. The SMILES string of the molecule is COc1ccc2c(N(C)C3(C)CCOC3C)ncnc2c1F. The highest BCUT2D eigenvalue weighted by atomic mass is 19.1. The molecule has 0 saturated carbocycles. The number of benzene rings is 1. The molecule has 0 spiro atoms. The maximum atomic E-state index is 14.4. The van der Waals surface area contributed by atoms with Crippen LogP contribution in [0.2, 0.25) is 0 Å². The monoisotopic (exact) mass is 305 g/mol. The molecule has 2 atom stereocenters. The smallest absolute Gasteiger partial charge is 0.191 e. The number of ether oxygens (including phenoxy) is 2. The molecule has 0 aliphatic carbocycles. The van der Waals surface area contributed by atoms with E-state index in [4.69, 9.17) is 9.47 Å². The Balaban J connectivity index is 2.13. The van der Waals surface area contributed by atoms with Crippen molar-refractivity contribution in [1.29, 1.82) is 0 Å². The van der Waals surface area contributed by atoms with E-state index in [0.29, 0.717) is 17.8 Å². The Bertz CT molecular complexity index is 709. The van der Waals surface area contributed by atoms with Crippen LogP contribution in [0.3, 0.4) is 0 Å². The van der Waals surface area contributed by atoms with Crippen molar-refractivity contribution in [3.8, 4) is 5.75 Å². The summed E-state index contributed by atoms with van der Waals surface area (Å²) in [4.78, 5) is 10.5. The Morgan fingerprint density at radius 3 is 2.82 bits per heavy atom. The molecule has 5 nitrogen and oxygen atoms in total. The average Bonchev–Trinajstić information content (AvgIpc) is 2.87. The minimum atomic E-state index is -0.460. The fraction of sp³-hybridized carbons (Fsp3) is 0.500.